The molecule has 48 heavy (non-hydrogen) atoms. The van der Waals surface area contributed by atoms with Crippen LogP contribution in [0.4, 0.5) is 19.0 Å². The van der Waals surface area contributed by atoms with E-state index in [0.29, 0.717) is 53.7 Å². The van der Waals surface area contributed by atoms with Crippen LogP contribution in [0.3, 0.4) is 0 Å². The van der Waals surface area contributed by atoms with Gasteiger partial charge in [0.15, 0.2) is 5.82 Å². The van der Waals surface area contributed by atoms with Crippen molar-refractivity contribution in [1.82, 2.24) is 24.6 Å². The number of aromatic nitrogens is 4. The lowest BCUT2D eigenvalue weighted by Crippen LogP contribution is -2.46. The summed E-state index contributed by atoms with van der Waals surface area (Å²) >= 11 is 0. The molecule has 1 N–H and O–H groups in total. The minimum Gasteiger partial charge on any atom is -0.508 e. The van der Waals surface area contributed by atoms with Crippen LogP contribution in [0.1, 0.15) is 37.7 Å². The summed E-state index contributed by atoms with van der Waals surface area (Å²) in [5.41, 5.74) is 0.00592. The molecule has 9 rings (SSSR count). The molecule has 4 aliphatic rings. The zero-order valence-corrected chi connectivity index (χ0v) is 26.3. The standard InChI is InChI=1S/C36H33F3N6O3/c1-3-24-27(38)8-5-19-11-23(46)12-25(28(19)24)29-31(39)33-30(26-15-43(2)42-32(26)29)34(45-21-6-7-22(45)17-47-16-21)41-35(40-33)48-18-36-9-4-10-44(36)14-20(37)13-36/h1,5,8,11-12,15,20-22,46H,4,6-7,9-10,13-14,16-18H2,2H3/t20-,21?,22?,36+/m1/s1. The van der Waals surface area contributed by atoms with E-state index in [2.05, 4.69) is 20.8 Å². The fourth-order valence-corrected chi connectivity index (χ4v) is 8.80. The number of anilines is 1. The topological polar surface area (TPSA) is 88.8 Å². The van der Waals surface area contributed by atoms with Crippen LogP contribution < -0.4 is 9.64 Å². The third-order valence-corrected chi connectivity index (χ3v) is 10.8. The van der Waals surface area contributed by atoms with Gasteiger partial charge in [0.25, 0.3) is 0 Å². The molecular formula is C36H33F3N6O3. The summed E-state index contributed by atoms with van der Waals surface area (Å²) < 4.78 is 61.0. The third-order valence-electron chi connectivity index (χ3n) is 10.8. The molecule has 4 saturated heterocycles. The van der Waals surface area contributed by atoms with E-state index in [9.17, 15) is 9.50 Å². The monoisotopic (exact) mass is 654 g/mol. The number of phenolic OH excluding ortho intramolecular Hbond substituents is 1. The van der Waals surface area contributed by atoms with E-state index in [0.717, 1.165) is 32.2 Å². The van der Waals surface area contributed by atoms with Crippen molar-refractivity contribution >= 4 is 38.4 Å². The van der Waals surface area contributed by atoms with Crippen molar-refractivity contribution in [2.75, 3.05) is 37.8 Å². The molecule has 0 amide bonds. The summed E-state index contributed by atoms with van der Waals surface area (Å²) in [5.74, 6) is 1.44. The minimum atomic E-state index is -0.931. The summed E-state index contributed by atoms with van der Waals surface area (Å²) in [4.78, 5) is 14.0. The van der Waals surface area contributed by atoms with E-state index in [1.165, 1.54) is 24.3 Å². The highest BCUT2D eigenvalue weighted by molar-refractivity contribution is 6.18. The molecular weight excluding hydrogens is 621 g/mol. The van der Waals surface area contributed by atoms with Gasteiger partial charge in [-0.3, -0.25) is 9.58 Å². The van der Waals surface area contributed by atoms with Crippen LogP contribution in [0.2, 0.25) is 0 Å². The highest BCUT2D eigenvalue weighted by Crippen LogP contribution is 2.47. The van der Waals surface area contributed by atoms with Gasteiger partial charge in [-0.25, -0.2) is 13.2 Å². The Kier molecular flexibility index (Phi) is 6.59. The number of morpholine rings is 1. The third kappa shape index (κ3) is 4.30. The molecule has 3 aromatic carbocycles. The molecule has 4 fully saturated rings. The average molecular weight is 655 g/mol. The largest absolute Gasteiger partial charge is 0.508 e. The van der Waals surface area contributed by atoms with Crippen LogP contribution in [-0.2, 0) is 11.8 Å². The van der Waals surface area contributed by atoms with E-state index in [4.69, 9.17) is 25.9 Å². The molecule has 4 aliphatic heterocycles. The minimum absolute atomic E-state index is 0.00196. The maximum absolute atomic E-state index is 17.5. The number of terminal acetylenes is 1. The number of ether oxygens (including phenoxy) is 2. The van der Waals surface area contributed by atoms with Crippen LogP contribution in [-0.4, -0.2) is 86.5 Å². The first kappa shape index (κ1) is 29.5. The van der Waals surface area contributed by atoms with E-state index in [1.807, 2.05) is 0 Å². The van der Waals surface area contributed by atoms with Gasteiger partial charge in [0.2, 0.25) is 0 Å². The molecule has 0 aliphatic carbocycles. The number of benzene rings is 3. The molecule has 4 atom stereocenters. The molecule has 5 aromatic rings. The van der Waals surface area contributed by atoms with Crippen LogP contribution in [0.25, 0.3) is 43.7 Å². The lowest BCUT2D eigenvalue weighted by atomic mass is 9.91. The van der Waals surface area contributed by atoms with Crippen molar-refractivity contribution in [3.63, 3.8) is 0 Å². The van der Waals surface area contributed by atoms with Gasteiger partial charge >= 0.3 is 6.01 Å². The Bertz CT molecular complexity index is 2180. The Hall–Kier alpha value is -4.60. The van der Waals surface area contributed by atoms with Crippen molar-refractivity contribution in [2.45, 2.75) is 55.9 Å². The molecule has 2 aromatic heterocycles. The van der Waals surface area contributed by atoms with Gasteiger partial charge in [0, 0.05) is 42.5 Å². The summed E-state index contributed by atoms with van der Waals surface area (Å²) in [6.45, 7) is 2.39. The second-order valence-electron chi connectivity index (χ2n) is 13.7. The van der Waals surface area contributed by atoms with E-state index < -0.39 is 23.3 Å². The van der Waals surface area contributed by atoms with Crippen molar-refractivity contribution in [3.8, 4) is 35.2 Å². The molecule has 12 heteroatoms. The molecule has 0 saturated carbocycles. The maximum Gasteiger partial charge on any atom is 0.319 e. The number of rotatable bonds is 5. The highest BCUT2D eigenvalue weighted by Gasteiger charge is 2.49. The average Bonchev–Trinajstić information content (AvgIpc) is 3.78. The first-order valence-electron chi connectivity index (χ1n) is 16.4. The SMILES string of the molecule is C#Cc1c(F)ccc2cc(O)cc(-c3c(F)c4nc(OC[C@@]56CCCN5C[C@H](F)C6)nc(N5C6CCC5COC6)c4c4cn(C)nc34)c12. The zero-order valence-electron chi connectivity index (χ0n) is 26.3. The lowest BCUT2D eigenvalue weighted by Gasteiger charge is -2.36. The second kappa shape index (κ2) is 10.7. The van der Waals surface area contributed by atoms with Crippen LogP contribution in [0.5, 0.6) is 11.8 Å². The predicted molar refractivity (Wildman–Crippen MR) is 175 cm³/mol. The maximum atomic E-state index is 17.5. The van der Waals surface area contributed by atoms with Gasteiger partial charge < -0.3 is 19.5 Å². The summed E-state index contributed by atoms with van der Waals surface area (Å²) in [7, 11) is 1.74. The van der Waals surface area contributed by atoms with Crippen LogP contribution >= 0.6 is 0 Å². The molecule has 0 spiro atoms. The Morgan fingerprint density at radius 1 is 1.12 bits per heavy atom. The number of hydrogen-bond donors (Lipinski definition) is 1. The zero-order chi connectivity index (χ0) is 32.9. The second-order valence-corrected chi connectivity index (χ2v) is 13.7. The number of phenols is 1. The number of alkyl halides is 1. The van der Waals surface area contributed by atoms with Gasteiger partial charge in [-0.05, 0) is 61.4 Å². The summed E-state index contributed by atoms with van der Waals surface area (Å²) in [6.07, 6.45) is 10.6. The van der Waals surface area contributed by atoms with E-state index >= 15 is 8.78 Å². The fourth-order valence-electron chi connectivity index (χ4n) is 8.80. The van der Waals surface area contributed by atoms with Crippen LogP contribution in [0.15, 0.2) is 30.5 Å². The van der Waals surface area contributed by atoms with Crippen molar-refractivity contribution in [3.05, 3.63) is 47.7 Å². The number of nitrogens with zero attached hydrogens (tertiary/aromatic N) is 6. The molecule has 2 unspecified atom stereocenters. The molecule has 9 nitrogen and oxygen atoms in total. The number of halogens is 3. The first-order valence-corrected chi connectivity index (χ1v) is 16.4. The van der Waals surface area contributed by atoms with Crippen molar-refractivity contribution in [1.29, 1.82) is 0 Å². The van der Waals surface area contributed by atoms with E-state index in [1.54, 1.807) is 17.9 Å². The Labute approximate surface area is 274 Å². The van der Waals surface area contributed by atoms with Gasteiger partial charge in [0.1, 0.15) is 41.2 Å². The number of aromatic hydroxyl groups is 1. The fraction of sp³-hybridized carbons (Fsp3) is 0.417. The highest BCUT2D eigenvalue weighted by atomic mass is 19.1. The first-order chi connectivity index (χ1) is 23.2. The summed E-state index contributed by atoms with van der Waals surface area (Å²) in [5, 5.41) is 17.3. The number of aryl methyl sites for hydroxylation is 1. The van der Waals surface area contributed by atoms with Gasteiger partial charge in [0.05, 0.1) is 41.8 Å². The Morgan fingerprint density at radius 3 is 2.73 bits per heavy atom. The summed E-state index contributed by atoms with van der Waals surface area (Å²) in [6, 6.07) is 5.64. The molecule has 6 heterocycles. The van der Waals surface area contributed by atoms with Gasteiger partial charge in [-0.1, -0.05) is 12.0 Å². The lowest BCUT2D eigenvalue weighted by molar-refractivity contribution is 0.0898. The Balaban J connectivity index is 1.31. The van der Waals surface area contributed by atoms with Gasteiger partial charge in [-0.2, -0.15) is 15.1 Å². The van der Waals surface area contributed by atoms with Gasteiger partial charge in [-0.15, -0.1) is 6.42 Å². The number of fused-ring (bicyclic) bond motifs is 7. The number of hydrogen-bond acceptors (Lipinski definition) is 8. The predicted octanol–water partition coefficient (Wildman–Crippen LogP) is 5.62. The quantitative estimate of drug-likeness (QED) is 0.244. The van der Waals surface area contributed by atoms with Crippen molar-refractivity contribution < 1.29 is 27.8 Å². The van der Waals surface area contributed by atoms with Crippen molar-refractivity contribution in [2.24, 2.45) is 7.05 Å². The molecule has 246 valence electrons. The molecule has 2 bridgehead atoms. The molecule has 0 radical (unpaired) electrons. The normalized spacial score (nSPS) is 25.4. The van der Waals surface area contributed by atoms with E-state index in [-0.39, 0.29) is 58.0 Å². The smallest absolute Gasteiger partial charge is 0.319 e. The Morgan fingerprint density at radius 2 is 1.94 bits per heavy atom. The van der Waals surface area contributed by atoms with Crippen LogP contribution in [0, 0.1) is 24.0 Å².